The highest BCUT2D eigenvalue weighted by molar-refractivity contribution is 5.85. The Hall–Kier alpha value is -0.650. The van der Waals surface area contributed by atoms with Crippen LogP contribution in [0.4, 0.5) is 0 Å². The van der Waals surface area contributed by atoms with Crippen LogP contribution in [-0.2, 0) is 4.79 Å². The van der Waals surface area contributed by atoms with Gasteiger partial charge in [-0.25, -0.2) is 0 Å². The van der Waals surface area contributed by atoms with Crippen LogP contribution in [0.1, 0.15) is 46.0 Å². The third-order valence-corrected chi connectivity index (χ3v) is 5.50. The molecule has 21 heavy (non-hydrogen) atoms. The molecule has 1 amide bonds. The van der Waals surface area contributed by atoms with E-state index >= 15 is 0 Å². The van der Waals surface area contributed by atoms with E-state index in [1.54, 1.807) is 0 Å². The molecule has 0 radical (unpaired) electrons. The molecule has 122 valence electrons. The van der Waals surface area contributed by atoms with Gasteiger partial charge in [0.1, 0.15) is 0 Å². The summed E-state index contributed by atoms with van der Waals surface area (Å²) in [5.74, 6) is -0.184. The molecule has 0 aromatic heterocycles. The van der Waals surface area contributed by atoms with Crippen molar-refractivity contribution in [3.05, 3.63) is 0 Å². The van der Waals surface area contributed by atoms with Gasteiger partial charge in [-0.1, -0.05) is 13.8 Å². The van der Waals surface area contributed by atoms with Crippen molar-refractivity contribution in [1.82, 2.24) is 15.1 Å². The molecule has 1 saturated heterocycles. The second-order valence-electron chi connectivity index (χ2n) is 6.74. The highest BCUT2D eigenvalue weighted by Gasteiger charge is 2.44. The van der Waals surface area contributed by atoms with Gasteiger partial charge in [0.2, 0.25) is 5.91 Å². The zero-order valence-electron chi connectivity index (χ0n) is 13.9. The van der Waals surface area contributed by atoms with Crippen LogP contribution in [0.5, 0.6) is 0 Å². The number of rotatable bonds is 7. The molecule has 1 aliphatic heterocycles. The smallest absolute Gasteiger partial charge is 0.237 e. The zero-order chi connectivity index (χ0) is 15.5. The van der Waals surface area contributed by atoms with Gasteiger partial charge in [-0.2, -0.15) is 0 Å². The number of amides is 1. The summed E-state index contributed by atoms with van der Waals surface area (Å²) >= 11 is 0. The molecule has 0 aromatic rings. The Morgan fingerprint density at radius 2 is 2.19 bits per heavy atom. The predicted molar refractivity (Wildman–Crippen MR) is 86.1 cm³/mol. The first-order chi connectivity index (χ1) is 10.0. The third kappa shape index (κ3) is 3.58. The number of primary amides is 1. The van der Waals surface area contributed by atoms with Crippen LogP contribution in [0.2, 0.25) is 0 Å². The van der Waals surface area contributed by atoms with E-state index in [1.165, 1.54) is 19.4 Å². The number of nitrogens with two attached hydrogens (primary N) is 1. The van der Waals surface area contributed by atoms with Crippen LogP contribution in [0.15, 0.2) is 0 Å². The Morgan fingerprint density at radius 3 is 2.81 bits per heavy atom. The van der Waals surface area contributed by atoms with Crippen LogP contribution >= 0.6 is 0 Å². The van der Waals surface area contributed by atoms with Crippen molar-refractivity contribution in [1.29, 1.82) is 0 Å². The standard InChI is InChI=1S/C16H32N4O/c1-4-18-16(15(17)21)9-8-13(11-16)19(3)12-14-7-6-10-20(14)5-2/h13-14,18H,4-12H2,1-3H3,(H2,17,21). The Bertz CT molecular complexity index is 362. The van der Waals surface area contributed by atoms with Gasteiger partial charge in [-0.3, -0.25) is 9.69 Å². The fourth-order valence-corrected chi connectivity index (χ4v) is 4.21. The highest BCUT2D eigenvalue weighted by Crippen LogP contribution is 2.33. The van der Waals surface area contributed by atoms with Crippen molar-refractivity contribution in [2.45, 2.75) is 63.6 Å². The molecule has 0 spiro atoms. The molecular weight excluding hydrogens is 264 g/mol. The summed E-state index contributed by atoms with van der Waals surface area (Å²) in [6.45, 7) is 8.58. The number of likely N-dealkylation sites (N-methyl/N-ethyl adjacent to an activating group) is 3. The molecule has 0 aromatic carbocycles. The van der Waals surface area contributed by atoms with Gasteiger partial charge >= 0.3 is 0 Å². The zero-order valence-corrected chi connectivity index (χ0v) is 13.9. The number of nitrogens with zero attached hydrogens (tertiary/aromatic N) is 2. The Labute approximate surface area is 129 Å². The van der Waals surface area contributed by atoms with Gasteiger partial charge in [-0.05, 0) is 58.8 Å². The van der Waals surface area contributed by atoms with E-state index in [0.717, 1.165) is 38.9 Å². The van der Waals surface area contributed by atoms with Crippen LogP contribution < -0.4 is 11.1 Å². The fraction of sp³-hybridized carbons (Fsp3) is 0.938. The van der Waals surface area contributed by atoms with Crippen molar-refractivity contribution >= 4 is 5.91 Å². The lowest BCUT2D eigenvalue weighted by molar-refractivity contribution is -0.124. The molecule has 1 aliphatic carbocycles. The second kappa shape index (κ2) is 7.07. The topological polar surface area (TPSA) is 61.6 Å². The van der Waals surface area contributed by atoms with E-state index in [2.05, 4.69) is 29.1 Å². The molecule has 3 atom stereocenters. The third-order valence-electron chi connectivity index (χ3n) is 5.50. The normalized spacial score (nSPS) is 33.9. The minimum absolute atomic E-state index is 0.184. The monoisotopic (exact) mass is 296 g/mol. The molecule has 0 bridgehead atoms. The van der Waals surface area contributed by atoms with Gasteiger partial charge in [-0.15, -0.1) is 0 Å². The van der Waals surface area contributed by atoms with Crippen molar-refractivity contribution in [3.8, 4) is 0 Å². The first-order valence-electron chi connectivity index (χ1n) is 8.51. The maximum absolute atomic E-state index is 11.9. The maximum Gasteiger partial charge on any atom is 0.237 e. The van der Waals surface area contributed by atoms with Crippen molar-refractivity contribution in [2.75, 3.05) is 33.2 Å². The molecule has 2 fully saturated rings. The first kappa shape index (κ1) is 16.7. The lowest BCUT2D eigenvalue weighted by Crippen LogP contribution is -2.54. The van der Waals surface area contributed by atoms with E-state index in [4.69, 9.17) is 5.73 Å². The molecular formula is C16H32N4O. The van der Waals surface area contributed by atoms with Crippen molar-refractivity contribution in [2.24, 2.45) is 5.73 Å². The Balaban J connectivity index is 1.92. The molecule has 2 rings (SSSR count). The average molecular weight is 296 g/mol. The lowest BCUT2D eigenvalue weighted by atomic mass is 9.96. The number of hydrogen-bond acceptors (Lipinski definition) is 4. The Morgan fingerprint density at radius 1 is 1.43 bits per heavy atom. The number of carbonyl (C=O) groups is 1. The van der Waals surface area contributed by atoms with Gasteiger partial charge < -0.3 is 16.0 Å². The summed E-state index contributed by atoms with van der Waals surface area (Å²) in [6, 6.07) is 1.15. The minimum atomic E-state index is -0.478. The van der Waals surface area contributed by atoms with E-state index < -0.39 is 5.54 Å². The van der Waals surface area contributed by atoms with Gasteiger partial charge in [0.05, 0.1) is 5.54 Å². The van der Waals surface area contributed by atoms with E-state index in [1.807, 2.05) is 6.92 Å². The van der Waals surface area contributed by atoms with Crippen LogP contribution in [0.3, 0.4) is 0 Å². The minimum Gasteiger partial charge on any atom is -0.368 e. The maximum atomic E-state index is 11.9. The first-order valence-corrected chi connectivity index (χ1v) is 8.51. The van der Waals surface area contributed by atoms with Gasteiger partial charge in [0.25, 0.3) is 0 Å². The summed E-state index contributed by atoms with van der Waals surface area (Å²) in [5.41, 5.74) is 5.18. The van der Waals surface area contributed by atoms with Crippen molar-refractivity contribution < 1.29 is 4.79 Å². The number of carbonyl (C=O) groups excluding carboxylic acids is 1. The lowest BCUT2D eigenvalue weighted by Gasteiger charge is -2.33. The van der Waals surface area contributed by atoms with Gasteiger partial charge in [0.15, 0.2) is 0 Å². The van der Waals surface area contributed by atoms with Gasteiger partial charge in [0, 0.05) is 18.6 Å². The summed E-state index contributed by atoms with van der Waals surface area (Å²) in [5, 5.41) is 3.34. The quantitative estimate of drug-likeness (QED) is 0.729. The molecule has 1 heterocycles. The molecule has 3 unspecified atom stereocenters. The van der Waals surface area contributed by atoms with E-state index in [-0.39, 0.29) is 5.91 Å². The van der Waals surface area contributed by atoms with Crippen LogP contribution in [0.25, 0.3) is 0 Å². The Kier molecular flexibility index (Phi) is 5.63. The molecule has 2 aliphatic rings. The summed E-state index contributed by atoms with van der Waals surface area (Å²) in [4.78, 5) is 16.9. The summed E-state index contributed by atoms with van der Waals surface area (Å²) in [6.07, 6.45) is 5.41. The van der Waals surface area contributed by atoms with Crippen LogP contribution in [0, 0.1) is 0 Å². The molecule has 1 saturated carbocycles. The largest absolute Gasteiger partial charge is 0.368 e. The second-order valence-corrected chi connectivity index (χ2v) is 6.74. The van der Waals surface area contributed by atoms with E-state index in [0.29, 0.717) is 12.1 Å². The average Bonchev–Trinajstić information content (AvgIpc) is 3.06. The molecule has 5 heteroatoms. The summed E-state index contributed by atoms with van der Waals surface area (Å²) < 4.78 is 0. The molecule has 5 nitrogen and oxygen atoms in total. The molecule has 3 N–H and O–H groups in total. The van der Waals surface area contributed by atoms with Crippen molar-refractivity contribution in [3.63, 3.8) is 0 Å². The summed E-state index contributed by atoms with van der Waals surface area (Å²) in [7, 11) is 2.21. The number of hydrogen-bond donors (Lipinski definition) is 2. The van der Waals surface area contributed by atoms with Crippen LogP contribution in [-0.4, -0.2) is 66.6 Å². The number of nitrogens with one attached hydrogen (secondary N) is 1. The van der Waals surface area contributed by atoms with E-state index in [9.17, 15) is 4.79 Å². The predicted octanol–water partition coefficient (Wildman–Crippen LogP) is 0.789. The SMILES string of the molecule is CCNC1(C(N)=O)CCC(N(C)CC2CCCN2CC)C1. The highest BCUT2D eigenvalue weighted by atomic mass is 16.1. The number of likely N-dealkylation sites (tertiary alicyclic amines) is 1. The fourth-order valence-electron chi connectivity index (χ4n) is 4.21.